The first-order valence-electron chi connectivity index (χ1n) is 8.38. The van der Waals surface area contributed by atoms with E-state index in [0.29, 0.717) is 18.4 Å². The average molecular weight is 326 g/mol. The fourth-order valence-electron chi connectivity index (χ4n) is 4.03. The number of ketones is 1. The quantitative estimate of drug-likeness (QED) is 0.608. The summed E-state index contributed by atoms with van der Waals surface area (Å²) in [6.07, 6.45) is 3.01. The Balaban J connectivity index is 2.67. The van der Waals surface area contributed by atoms with E-state index in [1.54, 1.807) is 6.92 Å². The maximum atomic E-state index is 12.3. The Morgan fingerprint density at radius 1 is 1.33 bits per heavy atom. The van der Waals surface area contributed by atoms with Crippen LogP contribution in [0.1, 0.15) is 54.4 Å². The second-order valence-corrected chi connectivity index (χ2v) is 7.62. The number of hydrogen-bond acceptors (Lipinski definition) is 2. The number of allylic oxidation sites excluding steroid dienone is 6. The van der Waals surface area contributed by atoms with E-state index in [-0.39, 0.29) is 17.1 Å². The molecule has 0 aromatic heterocycles. The molecule has 3 nitrogen and oxygen atoms in total. The zero-order valence-corrected chi connectivity index (χ0v) is 15.4. The van der Waals surface area contributed by atoms with Gasteiger partial charge in [-0.25, -0.2) is 0 Å². The molecule has 3 heteroatoms. The van der Waals surface area contributed by atoms with Crippen LogP contribution in [0.4, 0.5) is 0 Å². The van der Waals surface area contributed by atoms with Crippen molar-refractivity contribution in [2.75, 3.05) is 0 Å². The molecule has 0 radical (unpaired) electrons. The molecule has 0 spiro atoms. The first-order chi connectivity index (χ1) is 11.1. The van der Waals surface area contributed by atoms with E-state index in [9.17, 15) is 14.7 Å². The van der Waals surface area contributed by atoms with Crippen LogP contribution in [0.5, 0.6) is 0 Å². The standard InChI is InChI=1S/C21H26O3/c1-7-8-14-13(4)15(11-19(14)22)16-10-18(20(23)24)21(5,6)17(16)9-12(2)3/h9,17-18H,10-11H2,1-6H3,(H,23,24). The lowest BCUT2D eigenvalue weighted by Crippen LogP contribution is -2.30. The third kappa shape index (κ3) is 2.98. The summed E-state index contributed by atoms with van der Waals surface area (Å²) in [6.45, 7) is 11.8. The molecule has 2 unspecified atom stereocenters. The van der Waals surface area contributed by atoms with Gasteiger partial charge in [0.25, 0.3) is 0 Å². The molecule has 0 heterocycles. The predicted molar refractivity (Wildman–Crippen MR) is 95.2 cm³/mol. The Hall–Kier alpha value is -2.08. The highest BCUT2D eigenvalue weighted by atomic mass is 16.4. The second-order valence-electron chi connectivity index (χ2n) is 7.62. The summed E-state index contributed by atoms with van der Waals surface area (Å²) in [4.78, 5) is 24.1. The minimum Gasteiger partial charge on any atom is -0.481 e. The van der Waals surface area contributed by atoms with Gasteiger partial charge in [-0.15, -0.1) is 5.92 Å². The molecular formula is C21H26O3. The number of carboxylic acids is 1. The lowest BCUT2D eigenvalue weighted by Gasteiger charge is -2.30. The van der Waals surface area contributed by atoms with Crippen molar-refractivity contribution in [1.82, 2.24) is 0 Å². The van der Waals surface area contributed by atoms with Gasteiger partial charge in [0.05, 0.1) is 11.5 Å². The molecule has 1 fully saturated rings. The minimum atomic E-state index is -0.762. The Morgan fingerprint density at radius 3 is 2.46 bits per heavy atom. The summed E-state index contributed by atoms with van der Waals surface area (Å²) in [6, 6.07) is 0. The summed E-state index contributed by atoms with van der Waals surface area (Å²) in [5.74, 6) is 4.62. The van der Waals surface area contributed by atoms with Gasteiger partial charge >= 0.3 is 5.97 Å². The van der Waals surface area contributed by atoms with Gasteiger partial charge in [0.2, 0.25) is 0 Å². The van der Waals surface area contributed by atoms with Crippen LogP contribution in [0.15, 0.2) is 33.9 Å². The highest BCUT2D eigenvalue weighted by molar-refractivity contribution is 6.06. The smallest absolute Gasteiger partial charge is 0.307 e. The zero-order chi connectivity index (χ0) is 18.2. The van der Waals surface area contributed by atoms with Gasteiger partial charge in [-0.3, -0.25) is 9.59 Å². The van der Waals surface area contributed by atoms with Crippen LogP contribution >= 0.6 is 0 Å². The van der Waals surface area contributed by atoms with E-state index < -0.39 is 11.9 Å². The van der Waals surface area contributed by atoms with Crippen LogP contribution in [-0.4, -0.2) is 16.9 Å². The molecule has 0 aliphatic heterocycles. The van der Waals surface area contributed by atoms with Gasteiger partial charge < -0.3 is 5.11 Å². The third-order valence-corrected chi connectivity index (χ3v) is 5.38. The Morgan fingerprint density at radius 2 is 1.96 bits per heavy atom. The Labute approximate surface area is 144 Å². The van der Waals surface area contributed by atoms with Gasteiger partial charge in [-0.2, -0.15) is 0 Å². The van der Waals surface area contributed by atoms with Gasteiger partial charge in [-0.1, -0.05) is 37.0 Å². The van der Waals surface area contributed by atoms with Crippen molar-refractivity contribution in [2.45, 2.75) is 54.4 Å². The van der Waals surface area contributed by atoms with Crippen molar-refractivity contribution in [3.63, 3.8) is 0 Å². The van der Waals surface area contributed by atoms with E-state index >= 15 is 0 Å². The predicted octanol–water partition coefficient (Wildman–Crippen LogP) is 4.31. The number of rotatable bonds is 2. The van der Waals surface area contributed by atoms with Gasteiger partial charge in [-0.05, 0) is 50.7 Å². The van der Waals surface area contributed by atoms with Crippen LogP contribution in [0, 0.1) is 29.1 Å². The van der Waals surface area contributed by atoms with Crippen LogP contribution in [0.2, 0.25) is 0 Å². The lowest BCUT2D eigenvalue weighted by atomic mass is 9.74. The summed E-state index contributed by atoms with van der Waals surface area (Å²) in [7, 11) is 0. The fourth-order valence-corrected chi connectivity index (χ4v) is 4.03. The summed E-state index contributed by atoms with van der Waals surface area (Å²) >= 11 is 0. The molecule has 0 amide bonds. The van der Waals surface area contributed by atoms with Crippen molar-refractivity contribution < 1.29 is 14.7 Å². The monoisotopic (exact) mass is 326 g/mol. The van der Waals surface area contributed by atoms with Crippen molar-refractivity contribution >= 4 is 11.8 Å². The minimum absolute atomic E-state index is 0.0373. The number of aliphatic carboxylic acids is 1. The molecule has 2 aliphatic carbocycles. The van der Waals surface area contributed by atoms with Crippen molar-refractivity contribution in [3.8, 4) is 11.8 Å². The number of Topliss-reactive ketones (excluding diaryl/α,β-unsaturated/α-hetero) is 1. The number of hydrogen-bond donors (Lipinski definition) is 1. The molecule has 1 N–H and O–H groups in total. The second kappa shape index (κ2) is 6.43. The number of carbonyl (C=O) groups is 2. The maximum absolute atomic E-state index is 12.3. The van der Waals surface area contributed by atoms with Gasteiger partial charge in [0.15, 0.2) is 5.78 Å². The number of carbonyl (C=O) groups excluding carboxylic acids is 1. The fraction of sp³-hybridized carbons (Fsp3) is 0.524. The molecule has 0 saturated heterocycles. The van der Waals surface area contributed by atoms with Crippen molar-refractivity contribution in [3.05, 3.63) is 33.9 Å². The highest BCUT2D eigenvalue weighted by Crippen LogP contribution is 2.54. The molecule has 0 bridgehead atoms. The Kier molecular flexibility index (Phi) is 4.90. The van der Waals surface area contributed by atoms with Crippen LogP contribution in [-0.2, 0) is 9.59 Å². The molecule has 2 rings (SSSR count). The van der Waals surface area contributed by atoms with Crippen molar-refractivity contribution in [1.29, 1.82) is 0 Å². The molecular weight excluding hydrogens is 300 g/mol. The lowest BCUT2D eigenvalue weighted by molar-refractivity contribution is -0.145. The average Bonchev–Trinajstić information content (AvgIpc) is 2.87. The first kappa shape index (κ1) is 18.3. The van der Waals surface area contributed by atoms with Crippen LogP contribution < -0.4 is 0 Å². The van der Waals surface area contributed by atoms with Gasteiger partial charge in [0, 0.05) is 12.3 Å². The number of carboxylic acid groups (broad SMARTS) is 1. The molecule has 24 heavy (non-hydrogen) atoms. The third-order valence-electron chi connectivity index (χ3n) is 5.38. The zero-order valence-electron chi connectivity index (χ0n) is 15.4. The van der Waals surface area contributed by atoms with E-state index in [1.807, 2.05) is 34.6 Å². The molecule has 2 atom stereocenters. The molecule has 0 aromatic rings. The van der Waals surface area contributed by atoms with Crippen LogP contribution in [0.3, 0.4) is 0 Å². The largest absolute Gasteiger partial charge is 0.481 e. The van der Waals surface area contributed by atoms with E-state index in [1.165, 1.54) is 0 Å². The van der Waals surface area contributed by atoms with E-state index in [4.69, 9.17) is 0 Å². The molecule has 2 aliphatic rings. The molecule has 128 valence electrons. The maximum Gasteiger partial charge on any atom is 0.307 e. The topological polar surface area (TPSA) is 54.4 Å². The Bertz CT molecular complexity index is 744. The summed E-state index contributed by atoms with van der Waals surface area (Å²) in [5, 5.41) is 9.67. The SMILES string of the molecule is CC#CC1=C(C)C(=C2CC(C(=O)O)C(C)(C)C2C=C(C)C)CC1=O. The normalized spacial score (nSPS) is 28.7. The molecule has 1 saturated carbocycles. The first-order valence-corrected chi connectivity index (χ1v) is 8.38. The van der Waals surface area contributed by atoms with Gasteiger partial charge in [0.1, 0.15) is 0 Å². The van der Waals surface area contributed by atoms with E-state index in [0.717, 1.165) is 22.3 Å². The molecule has 0 aromatic carbocycles. The highest BCUT2D eigenvalue weighted by Gasteiger charge is 2.50. The van der Waals surface area contributed by atoms with Crippen molar-refractivity contribution in [2.24, 2.45) is 17.3 Å². The summed E-state index contributed by atoms with van der Waals surface area (Å²) < 4.78 is 0. The van der Waals surface area contributed by atoms with Crippen LogP contribution in [0.25, 0.3) is 0 Å². The summed E-state index contributed by atoms with van der Waals surface area (Å²) in [5.41, 5.74) is 4.42. The van der Waals surface area contributed by atoms with E-state index in [2.05, 4.69) is 17.9 Å².